The lowest BCUT2D eigenvalue weighted by molar-refractivity contribution is 0.443. The van der Waals surface area contributed by atoms with Gasteiger partial charge in [-0.3, -0.25) is 0 Å². The lowest BCUT2D eigenvalue weighted by Gasteiger charge is -2.36. The van der Waals surface area contributed by atoms with Crippen LogP contribution in [-0.4, -0.2) is 0 Å². The van der Waals surface area contributed by atoms with Crippen LogP contribution in [-0.2, 0) is 12.0 Å². The van der Waals surface area contributed by atoms with E-state index in [1.807, 2.05) is 0 Å². The zero-order valence-electron chi connectivity index (χ0n) is 12.0. The summed E-state index contributed by atoms with van der Waals surface area (Å²) < 4.78 is 0. The molecular formula is C20H19N. The average Bonchev–Trinajstić information content (AvgIpc) is 2.55. The fourth-order valence-electron chi connectivity index (χ4n) is 3.63. The highest BCUT2D eigenvalue weighted by Gasteiger charge is 2.34. The molecule has 0 aliphatic heterocycles. The fourth-order valence-corrected chi connectivity index (χ4v) is 3.63. The number of hydrogen-bond donors (Lipinski definition) is 1. The molecule has 0 bridgehead atoms. The number of rotatable bonds is 1. The summed E-state index contributed by atoms with van der Waals surface area (Å²) in [6.07, 6.45) is 3.31. The van der Waals surface area contributed by atoms with Gasteiger partial charge in [0.05, 0.1) is 5.54 Å². The van der Waals surface area contributed by atoms with E-state index in [1.165, 1.54) is 27.5 Å². The molecule has 0 fully saturated rings. The molecule has 104 valence electrons. The quantitative estimate of drug-likeness (QED) is 0.699. The smallest absolute Gasteiger partial charge is 0.0668 e. The van der Waals surface area contributed by atoms with Crippen LogP contribution >= 0.6 is 0 Å². The Morgan fingerprint density at radius 1 is 0.810 bits per heavy atom. The molecule has 1 nitrogen and oxygen atoms in total. The monoisotopic (exact) mass is 273 g/mol. The zero-order chi connectivity index (χ0) is 14.3. The average molecular weight is 273 g/mol. The highest BCUT2D eigenvalue weighted by Crippen LogP contribution is 2.39. The third-order valence-corrected chi connectivity index (χ3v) is 4.78. The van der Waals surface area contributed by atoms with E-state index in [0.717, 1.165) is 19.3 Å². The molecule has 1 heteroatoms. The van der Waals surface area contributed by atoms with Crippen molar-refractivity contribution in [3.05, 3.63) is 83.4 Å². The highest BCUT2D eigenvalue weighted by atomic mass is 14.8. The highest BCUT2D eigenvalue weighted by molar-refractivity contribution is 5.83. The van der Waals surface area contributed by atoms with Crippen molar-refractivity contribution in [3.63, 3.8) is 0 Å². The van der Waals surface area contributed by atoms with Gasteiger partial charge in [-0.15, -0.1) is 0 Å². The minimum absolute atomic E-state index is 0.348. The molecule has 1 aliphatic rings. The molecule has 1 atom stereocenters. The van der Waals surface area contributed by atoms with Gasteiger partial charge in [0.2, 0.25) is 0 Å². The predicted octanol–water partition coefficient (Wildman–Crippen LogP) is 4.38. The zero-order valence-corrected chi connectivity index (χ0v) is 12.0. The fraction of sp³-hybridized carbons (Fsp3) is 0.200. The maximum Gasteiger partial charge on any atom is 0.0668 e. The van der Waals surface area contributed by atoms with Crippen LogP contribution in [0.5, 0.6) is 0 Å². The molecule has 1 unspecified atom stereocenters. The Bertz CT molecular complexity index is 806. The number of fused-ring (bicyclic) bond motifs is 2. The van der Waals surface area contributed by atoms with Gasteiger partial charge in [0.15, 0.2) is 0 Å². The van der Waals surface area contributed by atoms with Gasteiger partial charge in [-0.05, 0) is 52.8 Å². The Morgan fingerprint density at radius 3 is 2.48 bits per heavy atom. The van der Waals surface area contributed by atoms with E-state index in [-0.39, 0.29) is 5.54 Å². The first-order chi connectivity index (χ1) is 10.3. The Kier molecular flexibility index (Phi) is 2.83. The van der Waals surface area contributed by atoms with Gasteiger partial charge in [0.25, 0.3) is 0 Å². The minimum atomic E-state index is -0.348. The molecule has 0 saturated carbocycles. The van der Waals surface area contributed by atoms with Crippen molar-refractivity contribution in [1.29, 1.82) is 0 Å². The van der Waals surface area contributed by atoms with Gasteiger partial charge < -0.3 is 5.73 Å². The summed E-state index contributed by atoms with van der Waals surface area (Å²) >= 11 is 0. The number of benzene rings is 3. The lowest BCUT2D eigenvalue weighted by Crippen LogP contribution is -2.41. The van der Waals surface area contributed by atoms with Crippen LogP contribution in [0.15, 0.2) is 66.7 Å². The van der Waals surface area contributed by atoms with Gasteiger partial charge in [-0.2, -0.15) is 0 Å². The molecule has 2 N–H and O–H groups in total. The van der Waals surface area contributed by atoms with Crippen LogP contribution in [0.2, 0.25) is 0 Å². The summed E-state index contributed by atoms with van der Waals surface area (Å²) in [5.41, 5.74) is 10.5. The maximum absolute atomic E-state index is 6.88. The van der Waals surface area contributed by atoms with E-state index in [2.05, 4.69) is 66.7 Å². The van der Waals surface area contributed by atoms with Gasteiger partial charge in [-0.1, -0.05) is 60.7 Å². The van der Waals surface area contributed by atoms with E-state index in [0.29, 0.717) is 0 Å². The largest absolute Gasteiger partial charge is 0.318 e. The van der Waals surface area contributed by atoms with Crippen LogP contribution in [0.1, 0.15) is 29.5 Å². The topological polar surface area (TPSA) is 26.0 Å². The maximum atomic E-state index is 6.88. The third-order valence-electron chi connectivity index (χ3n) is 4.78. The van der Waals surface area contributed by atoms with Crippen LogP contribution < -0.4 is 5.73 Å². The van der Waals surface area contributed by atoms with Crippen molar-refractivity contribution < 1.29 is 0 Å². The molecule has 21 heavy (non-hydrogen) atoms. The minimum Gasteiger partial charge on any atom is -0.318 e. The summed E-state index contributed by atoms with van der Waals surface area (Å²) in [6.45, 7) is 0. The SMILES string of the molecule is NC1(c2ccc3ccccc3c2)CCCc2ccccc21. The third kappa shape index (κ3) is 1.97. The van der Waals surface area contributed by atoms with Crippen molar-refractivity contribution >= 4 is 10.8 Å². The Morgan fingerprint density at radius 2 is 1.57 bits per heavy atom. The molecule has 3 aromatic rings. The van der Waals surface area contributed by atoms with E-state index in [1.54, 1.807) is 0 Å². The first-order valence-electron chi connectivity index (χ1n) is 7.64. The van der Waals surface area contributed by atoms with E-state index >= 15 is 0 Å². The summed E-state index contributed by atoms with van der Waals surface area (Å²) in [4.78, 5) is 0. The Labute approximate surface area is 125 Å². The van der Waals surface area contributed by atoms with Gasteiger partial charge >= 0.3 is 0 Å². The second kappa shape index (κ2) is 4.71. The van der Waals surface area contributed by atoms with Gasteiger partial charge in [0.1, 0.15) is 0 Å². The molecule has 0 spiro atoms. The Balaban J connectivity index is 1.91. The first kappa shape index (κ1) is 12.6. The predicted molar refractivity (Wildman–Crippen MR) is 88.3 cm³/mol. The number of hydrogen-bond acceptors (Lipinski definition) is 1. The van der Waals surface area contributed by atoms with Crippen LogP contribution in [0.4, 0.5) is 0 Å². The van der Waals surface area contributed by atoms with Crippen LogP contribution in [0.3, 0.4) is 0 Å². The van der Waals surface area contributed by atoms with E-state index < -0.39 is 0 Å². The molecule has 0 radical (unpaired) electrons. The normalized spacial score (nSPS) is 21.2. The van der Waals surface area contributed by atoms with Crippen molar-refractivity contribution in [1.82, 2.24) is 0 Å². The summed E-state index contributed by atoms with van der Waals surface area (Å²) in [6, 6.07) is 23.8. The van der Waals surface area contributed by atoms with Crippen molar-refractivity contribution in [3.8, 4) is 0 Å². The Hall–Kier alpha value is -2.12. The van der Waals surface area contributed by atoms with Gasteiger partial charge in [-0.25, -0.2) is 0 Å². The second-order valence-corrected chi connectivity index (χ2v) is 6.04. The molecule has 4 rings (SSSR count). The number of aryl methyl sites for hydroxylation is 1. The summed E-state index contributed by atoms with van der Waals surface area (Å²) in [5.74, 6) is 0. The molecular weight excluding hydrogens is 254 g/mol. The van der Waals surface area contributed by atoms with Crippen molar-refractivity contribution in [2.24, 2.45) is 5.73 Å². The molecule has 3 aromatic carbocycles. The number of nitrogens with two attached hydrogens (primary N) is 1. The standard InChI is InChI=1S/C20H19N/c21-20(13-5-9-16-7-3-4-10-19(16)20)18-12-11-15-6-1-2-8-17(15)14-18/h1-4,6-8,10-12,14H,5,9,13,21H2. The second-order valence-electron chi connectivity index (χ2n) is 6.04. The van der Waals surface area contributed by atoms with E-state index in [9.17, 15) is 0 Å². The molecule has 0 aromatic heterocycles. The summed E-state index contributed by atoms with van der Waals surface area (Å²) in [7, 11) is 0. The van der Waals surface area contributed by atoms with Gasteiger partial charge in [0, 0.05) is 0 Å². The first-order valence-corrected chi connectivity index (χ1v) is 7.64. The molecule has 0 amide bonds. The summed E-state index contributed by atoms with van der Waals surface area (Å²) in [5, 5.41) is 2.54. The van der Waals surface area contributed by atoms with Crippen LogP contribution in [0, 0.1) is 0 Å². The lowest BCUT2D eigenvalue weighted by atomic mass is 9.73. The molecule has 0 heterocycles. The molecule has 0 saturated heterocycles. The molecule has 1 aliphatic carbocycles. The van der Waals surface area contributed by atoms with Crippen molar-refractivity contribution in [2.45, 2.75) is 24.8 Å². The van der Waals surface area contributed by atoms with Crippen LogP contribution in [0.25, 0.3) is 10.8 Å². The van der Waals surface area contributed by atoms with Crippen molar-refractivity contribution in [2.75, 3.05) is 0 Å². The van der Waals surface area contributed by atoms with E-state index in [4.69, 9.17) is 5.73 Å².